The van der Waals surface area contributed by atoms with E-state index in [0.717, 1.165) is 0 Å². The summed E-state index contributed by atoms with van der Waals surface area (Å²) in [6.45, 7) is 1.66. The highest BCUT2D eigenvalue weighted by Crippen LogP contribution is 2.10. The zero-order chi connectivity index (χ0) is 10.7. The highest BCUT2D eigenvalue weighted by Gasteiger charge is 2.29. The quantitative estimate of drug-likeness (QED) is 0.713. The first-order valence-electron chi connectivity index (χ1n) is 4.57. The van der Waals surface area contributed by atoms with Gasteiger partial charge in [-0.3, -0.25) is 9.69 Å². The van der Waals surface area contributed by atoms with Gasteiger partial charge in [-0.15, -0.1) is 0 Å². The van der Waals surface area contributed by atoms with Crippen molar-refractivity contribution in [1.82, 2.24) is 15.0 Å². The Hall–Kier alpha value is -1.47. The molecular weight excluding hydrogens is 202 g/mol. The van der Waals surface area contributed by atoms with Gasteiger partial charge in [0, 0.05) is 6.54 Å². The zero-order valence-corrected chi connectivity index (χ0v) is 8.00. The second-order valence-corrected chi connectivity index (χ2v) is 3.25. The lowest BCUT2D eigenvalue weighted by Crippen LogP contribution is -2.49. The molecule has 0 aromatic carbocycles. The molecule has 0 spiro atoms. The molecule has 1 unspecified atom stereocenters. The highest BCUT2D eigenvalue weighted by atomic mass is 16.5. The molecule has 82 valence electrons. The molecule has 1 aromatic rings. The molecule has 2 heterocycles. The normalized spacial score (nSPS) is 22.8. The van der Waals surface area contributed by atoms with Crippen LogP contribution in [0.4, 0.5) is 0 Å². The van der Waals surface area contributed by atoms with Crippen LogP contribution in [0.15, 0.2) is 10.9 Å². The van der Waals surface area contributed by atoms with Crippen LogP contribution in [0.5, 0.6) is 0 Å². The monoisotopic (exact) mass is 213 g/mol. The minimum atomic E-state index is -0.891. The van der Waals surface area contributed by atoms with Crippen LogP contribution in [0.2, 0.25) is 0 Å². The summed E-state index contributed by atoms with van der Waals surface area (Å²) in [6.07, 6.45) is 1.23. The number of carboxylic acids is 1. The van der Waals surface area contributed by atoms with E-state index in [1.54, 1.807) is 4.90 Å². The van der Waals surface area contributed by atoms with E-state index in [4.69, 9.17) is 9.84 Å². The van der Waals surface area contributed by atoms with Gasteiger partial charge in [-0.1, -0.05) is 5.16 Å². The molecule has 0 amide bonds. The molecule has 7 nitrogen and oxygen atoms in total. The smallest absolute Gasteiger partial charge is 0.323 e. The number of carbonyl (C=O) groups is 1. The minimum Gasteiger partial charge on any atom is -0.480 e. The Morgan fingerprint density at radius 1 is 1.73 bits per heavy atom. The third-order valence-corrected chi connectivity index (χ3v) is 2.28. The summed E-state index contributed by atoms with van der Waals surface area (Å²) in [4.78, 5) is 16.5. The maximum Gasteiger partial charge on any atom is 0.323 e. The molecule has 7 heteroatoms. The van der Waals surface area contributed by atoms with Crippen molar-refractivity contribution in [3.05, 3.63) is 12.2 Å². The molecule has 1 aromatic heterocycles. The number of morpholine rings is 1. The fraction of sp³-hybridized carbons (Fsp3) is 0.625. The molecule has 15 heavy (non-hydrogen) atoms. The summed E-state index contributed by atoms with van der Waals surface area (Å²) in [6, 6.07) is -0.628. The molecule has 1 aliphatic rings. The fourth-order valence-corrected chi connectivity index (χ4v) is 1.50. The van der Waals surface area contributed by atoms with Crippen molar-refractivity contribution >= 4 is 5.97 Å². The molecule has 1 fully saturated rings. The SMILES string of the molecule is O=C(O)C1COCCN1Cc1ncon1. The van der Waals surface area contributed by atoms with Gasteiger partial charge in [-0.2, -0.15) is 4.98 Å². The van der Waals surface area contributed by atoms with Crippen molar-refractivity contribution in [2.45, 2.75) is 12.6 Å². The van der Waals surface area contributed by atoms with E-state index in [0.29, 0.717) is 25.5 Å². The summed E-state index contributed by atoms with van der Waals surface area (Å²) in [5, 5.41) is 12.6. The minimum absolute atomic E-state index is 0.202. The molecule has 0 radical (unpaired) electrons. The lowest BCUT2D eigenvalue weighted by atomic mass is 10.2. The van der Waals surface area contributed by atoms with Gasteiger partial charge in [0.2, 0.25) is 6.39 Å². The van der Waals surface area contributed by atoms with Gasteiger partial charge in [0.25, 0.3) is 0 Å². The second kappa shape index (κ2) is 4.37. The second-order valence-electron chi connectivity index (χ2n) is 3.25. The van der Waals surface area contributed by atoms with E-state index in [2.05, 4.69) is 14.7 Å². The van der Waals surface area contributed by atoms with E-state index in [-0.39, 0.29) is 6.61 Å². The Balaban J connectivity index is 2.02. The van der Waals surface area contributed by atoms with Gasteiger partial charge in [0.1, 0.15) is 6.04 Å². The molecule has 1 saturated heterocycles. The number of carboxylic acid groups (broad SMARTS) is 1. The van der Waals surface area contributed by atoms with Crippen LogP contribution in [0, 0.1) is 0 Å². The predicted molar refractivity (Wildman–Crippen MR) is 47.0 cm³/mol. The third kappa shape index (κ3) is 2.31. The first-order valence-corrected chi connectivity index (χ1v) is 4.57. The first kappa shape index (κ1) is 10.1. The van der Waals surface area contributed by atoms with Crippen molar-refractivity contribution in [2.75, 3.05) is 19.8 Å². The van der Waals surface area contributed by atoms with Crippen LogP contribution < -0.4 is 0 Å². The van der Waals surface area contributed by atoms with Gasteiger partial charge in [0.05, 0.1) is 19.8 Å². The van der Waals surface area contributed by atoms with Crippen molar-refractivity contribution < 1.29 is 19.2 Å². The average molecular weight is 213 g/mol. The van der Waals surface area contributed by atoms with Crippen LogP contribution in [0.1, 0.15) is 5.82 Å². The summed E-state index contributed by atoms with van der Waals surface area (Å²) in [5.41, 5.74) is 0. The largest absolute Gasteiger partial charge is 0.480 e. The number of ether oxygens (including phenoxy) is 1. The standard InChI is InChI=1S/C8H11N3O4/c12-8(13)6-4-14-2-1-11(6)3-7-9-5-15-10-7/h5-6H,1-4H2,(H,12,13). The van der Waals surface area contributed by atoms with Gasteiger partial charge in [0.15, 0.2) is 5.82 Å². The highest BCUT2D eigenvalue weighted by molar-refractivity contribution is 5.73. The number of hydrogen-bond acceptors (Lipinski definition) is 6. The predicted octanol–water partition coefficient (Wildman–Crippen LogP) is -0.645. The Morgan fingerprint density at radius 3 is 3.27 bits per heavy atom. The number of rotatable bonds is 3. The van der Waals surface area contributed by atoms with E-state index < -0.39 is 12.0 Å². The average Bonchev–Trinajstić information content (AvgIpc) is 2.71. The number of aromatic nitrogens is 2. The van der Waals surface area contributed by atoms with E-state index >= 15 is 0 Å². The van der Waals surface area contributed by atoms with Gasteiger partial charge >= 0.3 is 5.97 Å². The molecule has 1 N–H and O–H groups in total. The molecular formula is C8H11N3O4. The lowest BCUT2D eigenvalue weighted by Gasteiger charge is -2.31. The Labute approximate surface area is 85.6 Å². The van der Waals surface area contributed by atoms with Crippen LogP contribution in [-0.4, -0.2) is 51.9 Å². The van der Waals surface area contributed by atoms with Gasteiger partial charge < -0.3 is 14.4 Å². The molecule has 0 saturated carbocycles. The number of nitrogens with zero attached hydrogens (tertiary/aromatic N) is 3. The van der Waals surface area contributed by atoms with Crippen molar-refractivity contribution in [2.24, 2.45) is 0 Å². The molecule has 1 atom stereocenters. The van der Waals surface area contributed by atoms with Crippen molar-refractivity contribution in [1.29, 1.82) is 0 Å². The maximum absolute atomic E-state index is 10.9. The summed E-state index contributed by atoms with van der Waals surface area (Å²) in [7, 11) is 0. The Kier molecular flexibility index (Phi) is 2.93. The maximum atomic E-state index is 10.9. The van der Waals surface area contributed by atoms with E-state index in [1.165, 1.54) is 6.39 Å². The summed E-state index contributed by atoms with van der Waals surface area (Å²) in [5.74, 6) is -0.402. The first-order chi connectivity index (χ1) is 7.27. The molecule has 1 aliphatic heterocycles. The van der Waals surface area contributed by atoms with Crippen molar-refractivity contribution in [3.63, 3.8) is 0 Å². The fourth-order valence-electron chi connectivity index (χ4n) is 1.50. The van der Waals surface area contributed by atoms with E-state index in [1.807, 2.05) is 0 Å². The number of aliphatic carboxylic acids is 1. The Bertz CT molecular complexity index is 327. The van der Waals surface area contributed by atoms with Gasteiger partial charge in [-0.05, 0) is 0 Å². The number of hydrogen-bond donors (Lipinski definition) is 1. The van der Waals surface area contributed by atoms with Crippen LogP contribution >= 0.6 is 0 Å². The van der Waals surface area contributed by atoms with Crippen molar-refractivity contribution in [3.8, 4) is 0 Å². The zero-order valence-electron chi connectivity index (χ0n) is 8.00. The molecule has 0 aliphatic carbocycles. The molecule has 0 bridgehead atoms. The topological polar surface area (TPSA) is 88.7 Å². The Morgan fingerprint density at radius 2 is 2.60 bits per heavy atom. The van der Waals surface area contributed by atoms with E-state index in [9.17, 15) is 4.79 Å². The van der Waals surface area contributed by atoms with Crippen LogP contribution in [0.25, 0.3) is 0 Å². The summed E-state index contributed by atoms with van der Waals surface area (Å²) >= 11 is 0. The third-order valence-electron chi connectivity index (χ3n) is 2.28. The molecule has 2 rings (SSSR count). The summed E-state index contributed by atoms with van der Waals surface area (Å²) < 4.78 is 9.69. The van der Waals surface area contributed by atoms with Crippen LogP contribution in [0.3, 0.4) is 0 Å². The van der Waals surface area contributed by atoms with Gasteiger partial charge in [-0.25, -0.2) is 0 Å². The lowest BCUT2D eigenvalue weighted by molar-refractivity contribution is -0.150. The van der Waals surface area contributed by atoms with Crippen LogP contribution in [-0.2, 0) is 16.1 Å².